The van der Waals surface area contributed by atoms with Crippen molar-refractivity contribution in [1.29, 1.82) is 0 Å². The van der Waals surface area contributed by atoms with Crippen molar-refractivity contribution in [3.05, 3.63) is 102 Å². The smallest absolute Gasteiger partial charge is 0.254 e. The molecular weight excluding hydrogens is 502 g/mol. The van der Waals surface area contributed by atoms with Gasteiger partial charge in [0.2, 0.25) is 5.91 Å². The number of nitrogens with two attached hydrogens (primary N) is 1. The number of ether oxygens (including phenoxy) is 1. The van der Waals surface area contributed by atoms with E-state index in [1.165, 1.54) is 0 Å². The zero-order valence-corrected chi connectivity index (χ0v) is 21.7. The summed E-state index contributed by atoms with van der Waals surface area (Å²) in [6.45, 7) is 0.507. The fourth-order valence-electron chi connectivity index (χ4n) is 5.91. The van der Waals surface area contributed by atoms with Crippen molar-refractivity contribution in [2.75, 3.05) is 5.32 Å². The summed E-state index contributed by atoms with van der Waals surface area (Å²) in [5.74, 6) is -0.446. The highest BCUT2D eigenvalue weighted by atomic mass is 16.5. The van der Waals surface area contributed by atoms with Crippen LogP contribution in [-0.2, 0) is 21.7 Å². The van der Waals surface area contributed by atoms with E-state index in [1.54, 1.807) is 4.68 Å². The van der Waals surface area contributed by atoms with Gasteiger partial charge in [-0.1, -0.05) is 78.9 Å². The summed E-state index contributed by atoms with van der Waals surface area (Å²) < 4.78 is 7.93. The molecule has 1 aliphatic carbocycles. The highest BCUT2D eigenvalue weighted by Crippen LogP contribution is 2.49. The van der Waals surface area contributed by atoms with E-state index in [4.69, 9.17) is 20.6 Å². The summed E-state index contributed by atoms with van der Waals surface area (Å²) in [6.07, 6.45) is 1.51. The van der Waals surface area contributed by atoms with Crippen molar-refractivity contribution >= 4 is 28.5 Å². The van der Waals surface area contributed by atoms with Crippen LogP contribution in [0, 0.1) is 0 Å². The number of anilines is 1. The molecule has 40 heavy (non-hydrogen) atoms. The number of carbonyl (C=O) groups is 2. The first kappa shape index (κ1) is 24.2. The Morgan fingerprint density at radius 3 is 2.45 bits per heavy atom. The lowest BCUT2D eigenvalue weighted by Crippen LogP contribution is -2.55. The molecule has 0 unspecified atom stereocenters. The van der Waals surface area contributed by atoms with Gasteiger partial charge in [0, 0.05) is 16.5 Å². The van der Waals surface area contributed by atoms with Crippen molar-refractivity contribution in [3.8, 4) is 22.5 Å². The lowest BCUT2D eigenvalue weighted by molar-refractivity contribution is -0.129. The predicted molar refractivity (Wildman–Crippen MR) is 152 cm³/mol. The normalized spacial score (nSPS) is 19.7. The van der Waals surface area contributed by atoms with E-state index < -0.39 is 11.4 Å². The summed E-state index contributed by atoms with van der Waals surface area (Å²) >= 11 is 0. The number of hydrogen-bond acceptors (Lipinski definition) is 5. The number of amides is 2. The summed E-state index contributed by atoms with van der Waals surface area (Å²) in [7, 11) is 0. The first-order valence-corrected chi connectivity index (χ1v) is 13.3. The third kappa shape index (κ3) is 4.13. The molecule has 0 radical (unpaired) electrons. The topological polar surface area (TPSA) is 112 Å². The Bertz CT molecular complexity index is 1760. The zero-order chi connectivity index (χ0) is 27.3. The third-order valence-electron chi connectivity index (χ3n) is 7.91. The molecule has 1 aliphatic heterocycles. The molecule has 3 aromatic carbocycles. The molecule has 0 bridgehead atoms. The molecule has 3 N–H and O–H groups in total. The summed E-state index contributed by atoms with van der Waals surface area (Å²) in [5.41, 5.74) is 10.4. The first-order chi connectivity index (χ1) is 19.5. The SMILES string of the molecule is NC(=O)c1c(-c2ccc3ccc(-c4ccccc4)nc3c2)nn2c1NC(=O)CC21CC(OCc2ccccc2)C1. The molecule has 7 rings (SSSR count). The Balaban J connectivity index is 1.24. The minimum Gasteiger partial charge on any atom is -0.373 e. The van der Waals surface area contributed by atoms with Gasteiger partial charge in [0.15, 0.2) is 0 Å². The largest absolute Gasteiger partial charge is 0.373 e. The molecular formula is C32H27N5O3. The lowest BCUT2D eigenvalue weighted by Gasteiger charge is -2.49. The van der Waals surface area contributed by atoms with E-state index in [2.05, 4.69) is 5.32 Å². The van der Waals surface area contributed by atoms with Crippen molar-refractivity contribution < 1.29 is 14.3 Å². The van der Waals surface area contributed by atoms with Crippen LogP contribution >= 0.6 is 0 Å². The molecule has 0 saturated heterocycles. The lowest BCUT2D eigenvalue weighted by atomic mass is 9.71. The number of primary amides is 1. The number of nitrogens with zero attached hydrogens (tertiary/aromatic N) is 3. The minimum absolute atomic E-state index is 0.00934. The maximum atomic E-state index is 12.8. The molecule has 2 amide bonds. The Labute approximate surface area is 230 Å². The van der Waals surface area contributed by atoms with Crippen LogP contribution < -0.4 is 11.1 Å². The van der Waals surface area contributed by atoms with Gasteiger partial charge in [-0.25, -0.2) is 9.67 Å². The molecule has 5 aromatic rings. The zero-order valence-electron chi connectivity index (χ0n) is 21.7. The molecule has 0 atom stereocenters. The van der Waals surface area contributed by atoms with Gasteiger partial charge in [0.1, 0.15) is 17.1 Å². The van der Waals surface area contributed by atoms with Crippen LogP contribution in [-0.4, -0.2) is 32.7 Å². The quantitative estimate of drug-likeness (QED) is 0.311. The van der Waals surface area contributed by atoms with Crippen LogP contribution in [0.3, 0.4) is 0 Å². The van der Waals surface area contributed by atoms with Crippen LogP contribution in [0.4, 0.5) is 5.82 Å². The number of carbonyl (C=O) groups excluding carboxylic acids is 2. The van der Waals surface area contributed by atoms with Crippen LogP contribution in [0.25, 0.3) is 33.4 Å². The van der Waals surface area contributed by atoms with Gasteiger partial charge in [0.05, 0.1) is 35.9 Å². The number of benzene rings is 3. The van der Waals surface area contributed by atoms with Gasteiger partial charge in [-0.15, -0.1) is 0 Å². The highest BCUT2D eigenvalue weighted by molar-refractivity contribution is 6.08. The predicted octanol–water partition coefficient (Wildman–Crippen LogP) is 5.28. The Morgan fingerprint density at radius 2 is 1.70 bits per heavy atom. The first-order valence-electron chi connectivity index (χ1n) is 13.3. The Hall–Kier alpha value is -4.82. The number of aromatic nitrogens is 3. The van der Waals surface area contributed by atoms with Crippen LogP contribution in [0.1, 0.15) is 35.2 Å². The van der Waals surface area contributed by atoms with Gasteiger partial charge in [-0.2, -0.15) is 5.10 Å². The van der Waals surface area contributed by atoms with Gasteiger partial charge in [0.25, 0.3) is 5.91 Å². The Kier molecular flexibility index (Phi) is 5.71. The maximum absolute atomic E-state index is 12.8. The number of hydrogen-bond donors (Lipinski definition) is 2. The van der Waals surface area contributed by atoms with Crippen molar-refractivity contribution in [2.24, 2.45) is 5.73 Å². The Morgan fingerprint density at radius 1 is 0.975 bits per heavy atom. The fourth-order valence-corrected chi connectivity index (χ4v) is 5.91. The molecule has 2 aliphatic rings. The molecule has 8 nitrogen and oxygen atoms in total. The fraction of sp³-hybridized carbons (Fsp3) is 0.188. The van der Waals surface area contributed by atoms with Gasteiger partial charge in [-0.05, 0) is 30.5 Å². The number of nitrogens with one attached hydrogen (secondary N) is 1. The average molecular weight is 530 g/mol. The highest BCUT2D eigenvalue weighted by Gasteiger charge is 2.53. The van der Waals surface area contributed by atoms with Crippen molar-refractivity contribution in [3.63, 3.8) is 0 Å². The molecule has 1 saturated carbocycles. The minimum atomic E-state index is -0.643. The van der Waals surface area contributed by atoms with E-state index in [0.29, 0.717) is 36.5 Å². The third-order valence-corrected chi connectivity index (χ3v) is 7.91. The maximum Gasteiger partial charge on any atom is 0.254 e. The standard InChI is InChI=1S/C32H27N5O3/c33-30(39)28-29(23-12-11-22-13-14-25(34-26(22)15-23)21-9-5-2-6-10-21)36-37-31(28)35-27(38)18-32(37)16-24(17-32)40-19-20-7-3-1-4-8-20/h1-15,24H,16-19H2,(H2,33,39)(H,35,38). The van der Waals surface area contributed by atoms with Crippen LogP contribution in [0.2, 0.25) is 0 Å². The molecule has 3 heterocycles. The number of rotatable bonds is 6. The van der Waals surface area contributed by atoms with Gasteiger partial charge >= 0.3 is 0 Å². The molecule has 198 valence electrons. The van der Waals surface area contributed by atoms with E-state index in [9.17, 15) is 9.59 Å². The van der Waals surface area contributed by atoms with Gasteiger partial charge < -0.3 is 15.8 Å². The second-order valence-corrected chi connectivity index (χ2v) is 10.6. The summed E-state index contributed by atoms with van der Waals surface area (Å²) in [4.78, 5) is 30.5. The van der Waals surface area contributed by atoms with Crippen LogP contribution in [0.5, 0.6) is 0 Å². The van der Waals surface area contributed by atoms with Crippen LogP contribution in [0.15, 0.2) is 91.0 Å². The monoisotopic (exact) mass is 529 g/mol. The van der Waals surface area contributed by atoms with E-state index in [1.807, 2.05) is 91.0 Å². The number of pyridine rings is 1. The number of fused-ring (bicyclic) bond motifs is 3. The van der Waals surface area contributed by atoms with Gasteiger partial charge in [-0.3, -0.25) is 9.59 Å². The second kappa shape index (κ2) is 9.43. The molecule has 1 spiro atoms. The van der Waals surface area contributed by atoms with Crippen molar-refractivity contribution in [2.45, 2.75) is 37.5 Å². The summed E-state index contributed by atoms with van der Waals surface area (Å²) in [6, 6.07) is 29.8. The average Bonchev–Trinajstić information content (AvgIpc) is 3.35. The van der Waals surface area contributed by atoms with E-state index >= 15 is 0 Å². The second-order valence-electron chi connectivity index (χ2n) is 10.6. The molecule has 2 aromatic heterocycles. The van der Waals surface area contributed by atoms with E-state index in [0.717, 1.165) is 27.7 Å². The molecule has 1 fully saturated rings. The van der Waals surface area contributed by atoms with Crippen molar-refractivity contribution in [1.82, 2.24) is 14.8 Å². The summed E-state index contributed by atoms with van der Waals surface area (Å²) in [5, 5.41) is 8.75. The van der Waals surface area contributed by atoms with E-state index in [-0.39, 0.29) is 24.0 Å². The molecule has 8 heteroatoms.